The third kappa shape index (κ3) is 8.85. The molecule has 0 saturated carbocycles. The second-order valence-electron chi connectivity index (χ2n) is 2.83. The molecule has 0 heterocycles. The Kier molecular flexibility index (Phi) is 6.96. The Morgan fingerprint density at radius 1 is 1.15 bits per heavy atom. The highest BCUT2D eigenvalue weighted by molar-refractivity contribution is 5.73. The van der Waals surface area contributed by atoms with Crippen LogP contribution in [0.2, 0.25) is 0 Å². The molecule has 0 aromatic heterocycles. The van der Waals surface area contributed by atoms with E-state index in [0.29, 0.717) is 19.4 Å². The summed E-state index contributed by atoms with van der Waals surface area (Å²) in [5, 5.41) is 0. The molecule has 76 valence electrons. The van der Waals surface area contributed by atoms with Gasteiger partial charge in [-0.1, -0.05) is 6.42 Å². The van der Waals surface area contributed by atoms with Gasteiger partial charge >= 0.3 is 5.97 Å². The maximum Gasteiger partial charge on any atom is 0.305 e. The van der Waals surface area contributed by atoms with Crippen molar-refractivity contribution in [1.82, 2.24) is 0 Å². The van der Waals surface area contributed by atoms with Crippen molar-refractivity contribution in [2.45, 2.75) is 39.0 Å². The number of hydrogen-bond acceptors (Lipinski definition) is 3. The lowest BCUT2D eigenvalue weighted by atomic mass is 10.1. The van der Waals surface area contributed by atoms with Gasteiger partial charge in [-0.25, -0.2) is 0 Å². The SMILES string of the molecule is CCOC(=O)CCCCCC(N)=O. The molecule has 2 N–H and O–H groups in total. The number of hydrogen-bond donors (Lipinski definition) is 1. The Labute approximate surface area is 78.4 Å². The lowest BCUT2D eigenvalue weighted by molar-refractivity contribution is -0.143. The van der Waals surface area contributed by atoms with Crippen LogP contribution in [0.15, 0.2) is 0 Å². The summed E-state index contributed by atoms with van der Waals surface area (Å²) in [7, 11) is 0. The Bertz CT molecular complexity index is 168. The molecule has 0 aromatic rings. The standard InChI is InChI=1S/C9H17NO3/c1-2-13-9(12)7-5-3-4-6-8(10)11/h2-7H2,1H3,(H2,10,11). The van der Waals surface area contributed by atoms with Gasteiger partial charge in [0.1, 0.15) is 0 Å². The van der Waals surface area contributed by atoms with E-state index in [1.165, 1.54) is 0 Å². The van der Waals surface area contributed by atoms with E-state index in [2.05, 4.69) is 0 Å². The monoisotopic (exact) mass is 187 g/mol. The van der Waals surface area contributed by atoms with E-state index in [-0.39, 0.29) is 11.9 Å². The Balaban J connectivity index is 3.16. The number of amides is 1. The second-order valence-corrected chi connectivity index (χ2v) is 2.83. The van der Waals surface area contributed by atoms with Gasteiger partial charge < -0.3 is 10.5 Å². The molecule has 0 aliphatic rings. The van der Waals surface area contributed by atoms with Gasteiger partial charge in [-0.3, -0.25) is 9.59 Å². The highest BCUT2D eigenvalue weighted by atomic mass is 16.5. The molecule has 0 saturated heterocycles. The number of nitrogens with two attached hydrogens (primary N) is 1. The van der Waals surface area contributed by atoms with Gasteiger partial charge in [0.05, 0.1) is 6.61 Å². The minimum absolute atomic E-state index is 0.165. The predicted octanol–water partition coefficient (Wildman–Crippen LogP) is 0.985. The molecule has 0 bridgehead atoms. The zero-order chi connectivity index (χ0) is 10.1. The number of rotatable bonds is 7. The summed E-state index contributed by atoms with van der Waals surface area (Å²) in [6.45, 7) is 2.21. The van der Waals surface area contributed by atoms with Gasteiger partial charge in [0, 0.05) is 12.8 Å². The average Bonchev–Trinajstić information content (AvgIpc) is 2.03. The van der Waals surface area contributed by atoms with E-state index in [9.17, 15) is 9.59 Å². The van der Waals surface area contributed by atoms with Crippen LogP contribution in [-0.4, -0.2) is 18.5 Å². The molecule has 0 atom stereocenters. The van der Waals surface area contributed by atoms with Crippen molar-refractivity contribution < 1.29 is 14.3 Å². The summed E-state index contributed by atoms with van der Waals surface area (Å²) in [5.74, 6) is -0.447. The molecule has 0 fully saturated rings. The first-order valence-electron chi connectivity index (χ1n) is 4.60. The average molecular weight is 187 g/mol. The fraction of sp³-hybridized carbons (Fsp3) is 0.778. The first-order chi connectivity index (χ1) is 6.16. The van der Waals surface area contributed by atoms with Gasteiger partial charge in [0.15, 0.2) is 0 Å². The fourth-order valence-electron chi connectivity index (χ4n) is 0.979. The summed E-state index contributed by atoms with van der Waals surface area (Å²) in [6.07, 6.45) is 3.22. The molecule has 1 amide bonds. The smallest absolute Gasteiger partial charge is 0.305 e. The van der Waals surface area contributed by atoms with Crippen molar-refractivity contribution in [3.8, 4) is 0 Å². The number of carbonyl (C=O) groups is 2. The minimum atomic E-state index is -0.281. The Morgan fingerprint density at radius 3 is 2.31 bits per heavy atom. The second kappa shape index (κ2) is 7.58. The third-order valence-corrected chi connectivity index (χ3v) is 1.61. The largest absolute Gasteiger partial charge is 0.466 e. The maximum atomic E-state index is 10.8. The van der Waals surface area contributed by atoms with Crippen molar-refractivity contribution in [3.05, 3.63) is 0 Å². The Hall–Kier alpha value is -1.06. The van der Waals surface area contributed by atoms with Crippen LogP contribution in [0.5, 0.6) is 0 Å². The number of primary amides is 1. The fourth-order valence-corrected chi connectivity index (χ4v) is 0.979. The topological polar surface area (TPSA) is 69.4 Å². The van der Waals surface area contributed by atoms with E-state index in [1.54, 1.807) is 6.92 Å². The summed E-state index contributed by atoms with van der Waals surface area (Å²) in [5.41, 5.74) is 4.95. The summed E-state index contributed by atoms with van der Waals surface area (Å²) in [4.78, 5) is 21.2. The molecule has 0 rings (SSSR count). The van der Waals surface area contributed by atoms with Gasteiger partial charge in [-0.15, -0.1) is 0 Å². The van der Waals surface area contributed by atoms with Gasteiger partial charge in [0.2, 0.25) is 5.91 Å². The summed E-state index contributed by atoms with van der Waals surface area (Å²) in [6, 6.07) is 0. The predicted molar refractivity (Wildman–Crippen MR) is 48.9 cm³/mol. The van der Waals surface area contributed by atoms with Crippen LogP contribution in [0.25, 0.3) is 0 Å². The van der Waals surface area contributed by atoms with Crippen molar-refractivity contribution in [1.29, 1.82) is 0 Å². The lowest BCUT2D eigenvalue weighted by Gasteiger charge is -2.00. The third-order valence-electron chi connectivity index (χ3n) is 1.61. The molecule has 0 aliphatic carbocycles. The molecule has 4 nitrogen and oxygen atoms in total. The normalized spacial score (nSPS) is 9.62. The highest BCUT2D eigenvalue weighted by Gasteiger charge is 2.01. The minimum Gasteiger partial charge on any atom is -0.466 e. The van der Waals surface area contributed by atoms with E-state index >= 15 is 0 Å². The molecule has 0 aromatic carbocycles. The molecule has 0 radical (unpaired) electrons. The first kappa shape index (κ1) is 11.9. The van der Waals surface area contributed by atoms with E-state index in [1.807, 2.05) is 0 Å². The lowest BCUT2D eigenvalue weighted by Crippen LogP contribution is -2.09. The zero-order valence-corrected chi connectivity index (χ0v) is 8.04. The summed E-state index contributed by atoms with van der Waals surface area (Å²) >= 11 is 0. The maximum absolute atomic E-state index is 10.8. The molecule has 4 heteroatoms. The quantitative estimate of drug-likeness (QED) is 0.477. The van der Waals surface area contributed by atoms with Crippen molar-refractivity contribution in [2.75, 3.05) is 6.61 Å². The van der Waals surface area contributed by atoms with Crippen molar-refractivity contribution >= 4 is 11.9 Å². The first-order valence-corrected chi connectivity index (χ1v) is 4.60. The van der Waals surface area contributed by atoms with Crippen molar-refractivity contribution in [3.63, 3.8) is 0 Å². The number of esters is 1. The molecule has 13 heavy (non-hydrogen) atoms. The molecular weight excluding hydrogens is 170 g/mol. The highest BCUT2D eigenvalue weighted by Crippen LogP contribution is 2.03. The van der Waals surface area contributed by atoms with Gasteiger partial charge in [-0.05, 0) is 19.8 Å². The number of carbonyl (C=O) groups excluding carboxylic acids is 2. The van der Waals surface area contributed by atoms with E-state index in [4.69, 9.17) is 10.5 Å². The van der Waals surface area contributed by atoms with Crippen LogP contribution < -0.4 is 5.73 Å². The van der Waals surface area contributed by atoms with Crippen LogP contribution in [0, 0.1) is 0 Å². The number of ether oxygens (including phenoxy) is 1. The van der Waals surface area contributed by atoms with Crippen LogP contribution in [-0.2, 0) is 14.3 Å². The molecular formula is C9H17NO3. The molecule has 0 unspecified atom stereocenters. The van der Waals surface area contributed by atoms with Crippen molar-refractivity contribution in [2.24, 2.45) is 5.73 Å². The zero-order valence-electron chi connectivity index (χ0n) is 8.04. The van der Waals surface area contributed by atoms with Crippen LogP contribution in [0.4, 0.5) is 0 Å². The van der Waals surface area contributed by atoms with E-state index in [0.717, 1.165) is 19.3 Å². The Morgan fingerprint density at radius 2 is 1.77 bits per heavy atom. The molecule has 0 spiro atoms. The summed E-state index contributed by atoms with van der Waals surface area (Å²) < 4.78 is 4.74. The van der Waals surface area contributed by atoms with Crippen LogP contribution >= 0.6 is 0 Å². The van der Waals surface area contributed by atoms with Crippen LogP contribution in [0.1, 0.15) is 39.0 Å². The number of unbranched alkanes of at least 4 members (excludes halogenated alkanes) is 2. The van der Waals surface area contributed by atoms with E-state index < -0.39 is 0 Å². The van der Waals surface area contributed by atoms with Crippen LogP contribution in [0.3, 0.4) is 0 Å². The molecule has 0 aliphatic heterocycles. The van der Waals surface area contributed by atoms with Gasteiger partial charge in [0.25, 0.3) is 0 Å². The van der Waals surface area contributed by atoms with Gasteiger partial charge in [-0.2, -0.15) is 0 Å².